The van der Waals surface area contributed by atoms with Crippen molar-refractivity contribution in [1.29, 1.82) is 0 Å². The fraction of sp³-hybridized carbons (Fsp3) is 0.417. The molecule has 0 fully saturated rings. The van der Waals surface area contributed by atoms with Crippen LogP contribution in [0.3, 0.4) is 0 Å². The number of nitrogens with two attached hydrogens (primary N) is 1. The molecule has 1 atom stereocenters. The molecular weight excluding hydrogens is 244 g/mol. The fourth-order valence-electron chi connectivity index (χ4n) is 1.68. The molecule has 0 heterocycles. The van der Waals surface area contributed by atoms with Crippen LogP contribution in [0, 0.1) is 5.82 Å². The predicted molar refractivity (Wildman–Crippen MR) is 61.6 cm³/mol. The van der Waals surface area contributed by atoms with Gasteiger partial charge >= 0.3 is 5.97 Å². The summed E-state index contributed by atoms with van der Waals surface area (Å²) >= 11 is 0. The van der Waals surface area contributed by atoms with Gasteiger partial charge in [-0.05, 0) is 24.1 Å². The van der Waals surface area contributed by atoms with Crippen LogP contribution in [0.1, 0.15) is 30.0 Å². The smallest absolute Gasteiger partial charge is 0.303 e. The van der Waals surface area contributed by atoms with Crippen molar-refractivity contribution in [2.24, 2.45) is 5.73 Å². The van der Waals surface area contributed by atoms with E-state index in [4.69, 9.17) is 15.6 Å². The molecule has 0 bridgehead atoms. The van der Waals surface area contributed by atoms with Crippen LogP contribution in [0.5, 0.6) is 5.75 Å². The third kappa shape index (κ3) is 3.40. The highest BCUT2D eigenvalue weighted by molar-refractivity contribution is 5.66. The Labute approximate surface area is 103 Å². The Bertz CT molecular complexity index is 438. The summed E-state index contributed by atoms with van der Waals surface area (Å²) in [7, 11) is 1.28. The van der Waals surface area contributed by atoms with Gasteiger partial charge in [-0.1, -0.05) is 0 Å². The van der Waals surface area contributed by atoms with Crippen LogP contribution in [0.25, 0.3) is 0 Å². The molecule has 3 N–H and O–H groups in total. The van der Waals surface area contributed by atoms with Crippen molar-refractivity contribution in [3.63, 3.8) is 0 Å². The van der Waals surface area contributed by atoms with Gasteiger partial charge in [0.2, 0.25) is 0 Å². The number of halogens is 2. The maximum absolute atomic E-state index is 13.6. The highest BCUT2D eigenvalue weighted by atomic mass is 19.1. The number of aliphatic carboxylic acids is 1. The van der Waals surface area contributed by atoms with Gasteiger partial charge in [0.1, 0.15) is 6.67 Å². The Morgan fingerprint density at radius 2 is 2.22 bits per heavy atom. The quantitative estimate of drug-likeness (QED) is 0.821. The minimum absolute atomic E-state index is 0.0647. The second-order valence-electron chi connectivity index (χ2n) is 3.87. The molecule has 0 amide bonds. The Kier molecular flexibility index (Phi) is 5.03. The number of hydrogen-bond acceptors (Lipinski definition) is 3. The largest absolute Gasteiger partial charge is 0.493 e. The first-order valence-corrected chi connectivity index (χ1v) is 5.39. The number of carboxylic acid groups (broad SMARTS) is 1. The second kappa shape index (κ2) is 6.30. The van der Waals surface area contributed by atoms with Gasteiger partial charge in [-0.2, -0.15) is 0 Å². The van der Waals surface area contributed by atoms with Crippen molar-refractivity contribution in [3.05, 3.63) is 29.1 Å². The van der Waals surface area contributed by atoms with E-state index in [9.17, 15) is 13.6 Å². The van der Waals surface area contributed by atoms with Crippen molar-refractivity contribution >= 4 is 5.97 Å². The lowest BCUT2D eigenvalue weighted by Crippen LogP contribution is -2.14. The van der Waals surface area contributed by atoms with Gasteiger partial charge in [0.05, 0.1) is 7.11 Å². The van der Waals surface area contributed by atoms with Crippen LogP contribution >= 0.6 is 0 Å². The average molecular weight is 259 g/mol. The summed E-state index contributed by atoms with van der Waals surface area (Å²) in [5.74, 6) is -1.76. The third-order valence-electron chi connectivity index (χ3n) is 2.56. The van der Waals surface area contributed by atoms with E-state index in [2.05, 4.69) is 0 Å². The molecule has 4 nitrogen and oxygen atoms in total. The minimum Gasteiger partial charge on any atom is -0.493 e. The molecule has 18 heavy (non-hydrogen) atoms. The fourth-order valence-corrected chi connectivity index (χ4v) is 1.68. The maximum Gasteiger partial charge on any atom is 0.303 e. The topological polar surface area (TPSA) is 72.5 Å². The summed E-state index contributed by atoms with van der Waals surface area (Å²) in [4.78, 5) is 10.5. The van der Waals surface area contributed by atoms with Gasteiger partial charge in [0.15, 0.2) is 11.6 Å². The molecule has 1 unspecified atom stereocenters. The highest BCUT2D eigenvalue weighted by Gasteiger charge is 2.18. The Hall–Kier alpha value is -1.69. The van der Waals surface area contributed by atoms with E-state index in [1.165, 1.54) is 13.2 Å². The lowest BCUT2D eigenvalue weighted by Gasteiger charge is -2.16. The Morgan fingerprint density at radius 1 is 1.56 bits per heavy atom. The lowest BCUT2D eigenvalue weighted by molar-refractivity contribution is -0.137. The summed E-state index contributed by atoms with van der Waals surface area (Å²) in [5, 5.41) is 8.57. The zero-order chi connectivity index (χ0) is 13.7. The molecule has 1 aromatic carbocycles. The monoisotopic (exact) mass is 259 g/mol. The van der Waals surface area contributed by atoms with Crippen molar-refractivity contribution in [2.75, 3.05) is 7.11 Å². The minimum atomic E-state index is -0.994. The number of ether oxygens (including phenoxy) is 1. The number of carbonyl (C=O) groups is 1. The number of alkyl halides is 1. The molecule has 1 aromatic rings. The van der Waals surface area contributed by atoms with E-state index in [1.807, 2.05) is 0 Å². The summed E-state index contributed by atoms with van der Waals surface area (Å²) in [6, 6.07) is 1.72. The molecule has 0 aromatic heterocycles. The number of methoxy groups -OCH3 is 1. The van der Waals surface area contributed by atoms with Crippen molar-refractivity contribution in [2.45, 2.75) is 25.6 Å². The maximum atomic E-state index is 13.6. The summed E-state index contributed by atoms with van der Waals surface area (Å²) in [5.41, 5.74) is 6.21. The Balaban J connectivity index is 3.04. The van der Waals surface area contributed by atoms with Crippen molar-refractivity contribution in [1.82, 2.24) is 0 Å². The first-order chi connectivity index (χ1) is 8.49. The molecular formula is C12H15F2NO3. The molecule has 0 spiro atoms. The average Bonchev–Trinajstić information content (AvgIpc) is 2.34. The molecule has 1 rings (SSSR count). The summed E-state index contributed by atoms with van der Waals surface area (Å²) < 4.78 is 31.0. The lowest BCUT2D eigenvalue weighted by atomic mass is 9.99. The van der Waals surface area contributed by atoms with Gasteiger partial charge in [0.25, 0.3) is 0 Å². The van der Waals surface area contributed by atoms with E-state index in [0.717, 1.165) is 6.07 Å². The van der Waals surface area contributed by atoms with Crippen LogP contribution in [-0.4, -0.2) is 18.2 Å². The van der Waals surface area contributed by atoms with E-state index < -0.39 is 24.5 Å². The van der Waals surface area contributed by atoms with Crippen LogP contribution in [0.15, 0.2) is 12.1 Å². The van der Waals surface area contributed by atoms with Crippen LogP contribution < -0.4 is 10.5 Å². The van der Waals surface area contributed by atoms with Crippen LogP contribution in [-0.2, 0) is 11.5 Å². The molecule has 0 aliphatic carbocycles. The zero-order valence-corrected chi connectivity index (χ0v) is 9.95. The molecule has 0 aliphatic heterocycles. The molecule has 0 saturated carbocycles. The molecule has 0 radical (unpaired) electrons. The molecule has 6 heteroatoms. The Morgan fingerprint density at radius 3 is 2.72 bits per heavy atom. The SMILES string of the molecule is COc1c(F)cc(CF)cc1C(N)CCC(=O)O. The van der Waals surface area contributed by atoms with Gasteiger partial charge in [-0.15, -0.1) is 0 Å². The number of hydrogen-bond donors (Lipinski definition) is 2. The first kappa shape index (κ1) is 14.4. The second-order valence-corrected chi connectivity index (χ2v) is 3.87. The molecule has 0 aliphatic rings. The van der Waals surface area contributed by atoms with Crippen LogP contribution in [0.2, 0.25) is 0 Å². The van der Waals surface area contributed by atoms with Crippen LogP contribution in [0.4, 0.5) is 8.78 Å². The number of benzene rings is 1. The van der Waals surface area contributed by atoms with E-state index in [1.54, 1.807) is 0 Å². The summed E-state index contributed by atoms with van der Waals surface area (Å²) in [6.07, 6.45) is -0.0212. The van der Waals surface area contributed by atoms with Gasteiger partial charge in [-0.25, -0.2) is 8.78 Å². The van der Waals surface area contributed by atoms with Gasteiger partial charge < -0.3 is 15.6 Å². The number of carboxylic acids is 1. The zero-order valence-electron chi connectivity index (χ0n) is 9.95. The van der Waals surface area contributed by atoms with Gasteiger partial charge in [0, 0.05) is 18.0 Å². The molecule has 0 saturated heterocycles. The van der Waals surface area contributed by atoms with E-state index >= 15 is 0 Å². The van der Waals surface area contributed by atoms with E-state index in [-0.39, 0.29) is 29.7 Å². The highest BCUT2D eigenvalue weighted by Crippen LogP contribution is 2.31. The molecule has 100 valence electrons. The standard InChI is InChI=1S/C12H15F2NO3/c1-18-12-8(10(15)2-3-11(16)17)4-7(6-13)5-9(12)14/h4-5,10H,2-3,6,15H2,1H3,(H,16,17). The third-order valence-corrected chi connectivity index (χ3v) is 2.56. The van der Waals surface area contributed by atoms with Crippen molar-refractivity contribution in [3.8, 4) is 5.75 Å². The first-order valence-electron chi connectivity index (χ1n) is 5.39. The summed E-state index contributed by atoms with van der Waals surface area (Å²) in [6.45, 7) is -0.820. The predicted octanol–water partition coefficient (Wildman–Crippen LogP) is 2.17. The van der Waals surface area contributed by atoms with E-state index in [0.29, 0.717) is 0 Å². The van der Waals surface area contributed by atoms with Gasteiger partial charge in [-0.3, -0.25) is 4.79 Å². The normalized spacial score (nSPS) is 12.2. The number of rotatable bonds is 6. The van der Waals surface area contributed by atoms with Crippen molar-refractivity contribution < 1.29 is 23.4 Å².